The molecule has 1 amide bonds. The topological polar surface area (TPSA) is 49.6 Å². The Hall–Kier alpha value is -2.28. The Bertz CT molecular complexity index is 786. The number of rotatable bonds is 4. The van der Waals surface area contributed by atoms with Gasteiger partial charge in [0.15, 0.2) is 12.1 Å². The molecule has 1 aromatic heterocycles. The summed E-state index contributed by atoms with van der Waals surface area (Å²) < 4.78 is 30.9. The number of halogens is 2. The molecule has 1 aromatic carbocycles. The number of piperidine rings is 1. The van der Waals surface area contributed by atoms with E-state index in [0.717, 1.165) is 45.3 Å². The molecule has 0 saturated carbocycles. The summed E-state index contributed by atoms with van der Waals surface area (Å²) in [7, 11) is 0. The van der Waals surface area contributed by atoms with Crippen LogP contribution in [0.3, 0.4) is 0 Å². The van der Waals surface area contributed by atoms with Gasteiger partial charge in [0.05, 0.1) is 0 Å². The van der Waals surface area contributed by atoms with Crippen molar-refractivity contribution in [1.29, 1.82) is 0 Å². The first kappa shape index (κ1) is 18.1. The molecular weight excluding hydrogens is 352 g/mol. The molecule has 2 aromatic rings. The van der Waals surface area contributed by atoms with Crippen molar-refractivity contribution in [1.82, 2.24) is 14.8 Å². The maximum absolute atomic E-state index is 13.0. The Morgan fingerprint density at radius 3 is 2.56 bits per heavy atom. The molecular formula is C20H23F2N3O2. The third-order valence-electron chi connectivity index (χ3n) is 5.89. The van der Waals surface area contributed by atoms with Gasteiger partial charge >= 0.3 is 0 Å². The molecule has 0 unspecified atom stereocenters. The van der Waals surface area contributed by atoms with Crippen molar-refractivity contribution in [3.63, 3.8) is 0 Å². The molecule has 7 heteroatoms. The van der Waals surface area contributed by atoms with E-state index >= 15 is 0 Å². The van der Waals surface area contributed by atoms with Gasteiger partial charge in [0, 0.05) is 19.6 Å². The summed E-state index contributed by atoms with van der Waals surface area (Å²) in [5.41, 5.74) is 0.841. The number of carbonyl (C=O) groups excluding carboxylic acids is 1. The number of likely N-dealkylation sites (tertiary alicyclic amines) is 2. The van der Waals surface area contributed by atoms with Gasteiger partial charge in [-0.3, -0.25) is 9.69 Å². The lowest BCUT2D eigenvalue weighted by Gasteiger charge is -2.39. The third kappa shape index (κ3) is 3.74. The van der Waals surface area contributed by atoms with E-state index in [4.69, 9.17) is 4.42 Å². The fourth-order valence-corrected chi connectivity index (χ4v) is 4.26. The van der Waals surface area contributed by atoms with Gasteiger partial charge in [-0.15, -0.1) is 0 Å². The summed E-state index contributed by atoms with van der Waals surface area (Å²) in [6.45, 7) is 4.10. The van der Waals surface area contributed by atoms with Crippen LogP contribution >= 0.6 is 0 Å². The SMILES string of the molecule is O=C(c1ocnc1C(F)F)N1CCC2(CCN(Cc3ccccc3)CC2)C1. The van der Waals surface area contributed by atoms with Crippen molar-refractivity contribution in [3.8, 4) is 0 Å². The van der Waals surface area contributed by atoms with Gasteiger partial charge < -0.3 is 9.32 Å². The summed E-state index contributed by atoms with van der Waals surface area (Å²) in [4.78, 5) is 20.2. The minimum atomic E-state index is -2.81. The zero-order valence-corrected chi connectivity index (χ0v) is 15.1. The highest BCUT2D eigenvalue weighted by Gasteiger charge is 2.43. The lowest BCUT2D eigenvalue weighted by atomic mass is 9.77. The van der Waals surface area contributed by atoms with Crippen LogP contribution in [0, 0.1) is 5.41 Å². The van der Waals surface area contributed by atoms with E-state index in [1.807, 2.05) is 6.07 Å². The van der Waals surface area contributed by atoms with Crippen LogP contribution in [0.25, 0.3) is 0 Å². The van der Waals surface area contributed by atoms with Crippen molar-refractivity contribution in [2.75, 3.05) is 26.2 Å². The van der Waals surface area contributed by atoms with Crippen LogP contribution in [0.2, 0.25) is 0 Å². The molecule has 2 aliphatic rings. The van der Waals surface area contributed by atoms with E-state index < -0.39 is 18.0 Å². The molecule has 2 aliphatic heterocycles. The first-order valence-electron chi connectivity index (χ1n) is 9.33. The van der Waals surface area contributed by atoms with Gasteiger partial charge in [-0.1, -0.05) is 30.3 Å². The molecule has 27 heavy (non-hydrogen) atoms. The van der Waals surface area contributed by atoms with Gasteiger partial charge in [0.25, 0.3) is 12.3 Å². The standard InChI is InChI=1S/C20H23F2N3O2/c21-18(22)16-17(27-14-23-16)19(26)25-11-8-20(13-25)6-9-24(10-7-20)12-15-4-2-1-3-5-15/h1-5,14,18H,6-13H2. The Balaban J connectivity index is 1.35. The van der Waals surface area contributed by atoms with E-state index in [9.17, 15) is 13.6 Å². The predicted octanol–water partition coefficient (Wildman–Crippen LogP) is 3.74. The maximum atomic E-state index is 13.0. The number of aromatic nitrogens is 1. The Morgan fingerprint density at radius 1 is 1.15 bits per heavy atom. The number of hydrogen-bond donors (Lipinski definition) is 0. The second-order valence-corrected chi connectivity index (χ2v) is 7.61. The van der Waals surface area contributed by atoms with E-state index in [1.165, 1.54) is 5.56 Å². The smallest absolute Gasteiger partial charge is 0.291 e. The van der Waals surface area contributed by atoms with Crippen LogP contribution in [-0.2, 0) is 6.54 Å². The van der Waals surface area contributed by atoms with E-state index in [0.29, 0.717) is 13.1 Å². The summed E-state index contributed by atoms with van der Waals surface area (Å²) in [5, 5.41) is 0. The van der Waals surface area contributed by atoms with Crippen molar-refractivity contribution in [2.45, 2.75) is 32.2 Å². The highest BCUT2D eigenvalue weighted by molar-refractivity contribution is 5.92. The second kappa shape index (κ2) is 7.38. The Kier molecular flexibility index (Phi) is 4.95. The molecule has 3 heterocycles. The van der Waals surface area contributed by atoms with Crippen LogP contribution in [-0.4, -0.2) is 46.9 Å². The zero-order valence-electron chi connectivity index (χ0n) is 15.1. The predicted molar refractivity (Wildman–Crippen MR) is 95.4 cm³/mol. The fraction of sp³-hybridized carbons (Fsp3) is 0.500. The van der Waals surface area contributed by atoms with Crippen LogP contribution in [0.15, 0.2) is 41.1 Å². The fourth-order valence-electron chi connectivity index (χ4n) is 4.26. The van der Waals surface area contributed by atoms with E-state index in [2.05, 4.69) is 34.1 Å². The van der Waals surface area contributed by atoms with Crippen molar-refractivity contribution in [3.05, 3.63) is 53.7 Å². The highest BCUT2D eigenvalue weighted by atomic mass is 19.3. The minimum Gasteiger partial charge on any atom is -0.438 e. The summed E-state index contributed by atoms with van der Waals surface area (Å²) in [5.74, 6) is -0.782. The zero-order chi connectivity index (χ0) is 18.9. The van der Waals surface area contributed by atoms with Crippen molar-refractivity contribution < 1.29 is 18.0 Å². The quantitative estimate of drug-likeness (QED) is 0.817. The molecule has 4 rings (SSSR count). The van der Waals surface area contributed by atoms with Crippen molar-refractivity contribution >= 4 is 5.91 Å². The first-order chi connectivity index (χ1) is 13.1. The lowest BCUT2D eigenvalue weighted by Crippen LogP contribution is -2.42. The molecule has 0 N–H and O–H groups in total. The van der Waals surface area contributed by atoms with Crippen LogP contribution in [0.1, 0.15) is 47.5 Å². The molecule has 0 bridgehead atoms. The number of benzene rings is 1. The van der Waals surface area contributed by atoms with E-state index in [-0.39, 0.29) is 11.2 Å². The molecule has 144 valence electrons. The molecule has 1 spiro atoms. The molecule has 0 radical (unpaired) electrons. The number of amides is 1. The summed E-state index contributed by atoms with van der Waals surface area (Å²) in [6.07, 6.45) is 1.06. The third-order valence-corrected chi connectivity index (χ3v) is 5.89. The molecule has 0 atom stereocenters. The Labute approximate surface area is 157 Å². The van der Waals surface area contributed by atoms with Crippen LogP contribution < -0.4 is 0 Å². The monoisotopic (exact) mass is 375 g/mol. The highest BCUT2D eigenvalue weighted by Crippen LogP contribution is 2.41. The molecule has 5 nitrogen and oxygen atoms in total. The number of nitrogens with zero attached hydrogens (tertiary/aromatic N) is 3. The number of oxazole rings is 1. The number of alkyl halides is 2. The van der Waals surface area contributed by atoms with Crippen molar-refractivity contribution in [2.24, 2.45) is 5.41 Å². The second-order valence-electron chi connectivity index (χ2n) is 7.61. The van der Waals surface area contributed by atoms with Gasteiger partial charge in [-0.25, -0.2) is 13.8 Å². The number of carbonyl (C=O) groups is 1. The number of hydrogen-bond acceptors (Lipinski definition) is 4. The first-order valence-corrected chi connectivity index (χ1v) is 9.33. The van der Waals surface area contributed by atoms with Gasteiger partial charge in [-0.2, -0.15) is 0 Å². The van der Waals surface area contributed by atoms with Crippen LogP contribution in [0.4, 0.5) is 8.78 Å². The average molecular weight is 375 g/mol. The lowest BCUT2D eigenvalue weighted by molar-refractivity contribution is 0.0672. The Morgan fingerprint density at radius 2 is 1.85 bits per heavy atom. The van der Waals surface area contributed by atoms with Crippen LogP contribution in [0.5, 0.6) is 0 Å². The average Bonchev–Trinajstić information content (AvgIpc) is 3.32. The molecule has 2 fully saturated rings. The summed E-state index contributed by atoms with van der Waals surface area (Å²) >= 11 is 0. The van der Waals surface area contributed by atoms with Gasteiger partial charge in [0.2, 0.25) is 5.76 Å². The van der Waals surface area contributed by atoms with Gasteiger partial charge in [0.1, 0.15) is 0 Å². The van der Waals surface area contributed by atoms with E-state index in [1.54, 1.807) is 4.90 Å². The minimum absolute atomic E-state index is 0.0911. The molecule has 0 aliphatic carbocycles. The van der Waals surface area contributed by atoms with Gasteiger partial charge in [-0.05, 0) is 43.3 Å². The normalized spacial score (nSPS) is 19.9. The summed E-state index contributed by atoms with van der Waals surface area (Å²) in [6, 6.07) is 10.4. The maximum Gasteiger partial charge on any atom is 0.291 e. The molecule has 2 saturated heterocycles. The largest absolute Gasteiger partial charge is 0.438 e.